The molecule has 0 atom stereocenters. The lowest BCUT2D eigenvalue weighted by molar-refractivity contribution is 0.282. The molecule has 0 aromatic heterocycles. The summed E-state index contributed by atoms with van der Waals surface area (Å²) >= 11 is 6.61. The van der Waals surface area contributed by atoms with E-state index in [9.17, 15) is 0 Å². The van der Waals surface area contributed by atoms with Crippen molar-refractivity contribution >= 4 is 37.5 Å². The van der Waals surface area contributed by atoms with E-state index in [2.05, 4.69) is 31.9 Å². The molecule has 0 saturated carbocycles. The van der Waals surface area contributed by atoms with Crippen LogP contribution in [0.5, 0.6) is 0 Å². The normalized spacial score (nSPS) is 10.1. The molecule has 1 aromatic carbocycles. The van der Waals surface area contributed by atoms with Gasteiger partial charge in [-0.1, -0.05) is 0 Å². The molecule has 0 aliphatic carbocycles. The second-order valence-electron chi connectivity index (χ2n) is 2.12. The molecule has 0 spiro atoms. The van der Waals surface area contributed by atoms with Gasteiger partial charge < -0.3 is 10.8 Å². The molecule has 2 nitrogen and oxygen atoms in total. The number of nitrogens with two attached hydrogens (primary N) is 1. The number of anilines is 1. The molecular weight excluding hydrogens is 274 g/mol. The average Bonchev–Trinajstić information content (AvgIpc) is 1.97. The Morgan fingerprint density at radius 2 is 1.82 bits per heavy atom. The van der Waals surface area contributed by atoms with Crippen LogP contribution in [0.2, 0.25) is 0 Å². The van der Waals surface area contributed by atoms with Crippen molar-refractivity contribution in [1.29, 1.82) is 0 Å². The van der Waals surface area contributed by atoms with Crippen LogP contribution in [0.3, 0.4) is 0 Å². The van der Waals surface area contributed by atoms with E-state index in [1.807, 2.05) is 0 Å². The zero-order valence-electron chi connectivity index (χ0n) is 5.64. The summed E-state index contributed by atoms with van der Waals surface area (Å²) in [6.45, 7) is -0.0300. The summed E-state index contributed by atoms with van der Waals surface area (Å²) in [7, 11) is 0. The molecule has 0 aliphatic heterocycles. The fraction of sp³-hybridized carbons (Fsp3) is 0.143. The van der Waals surface area contributed by atoms with Crippen LogP contribution in [0.4, 0.5) is 5.69 Å². The predicted octanol–water partition coefficient (Wildman–Crippen LogP) is 2.29. The molecule has 1 rings (SSSR count). The topological polar surface area (TPSA) is 46.2 Å². The van der Waals surface area contributed by atoms with Gasteiger partial charge in [-0.05, 0) is 44.0 Å². The first-order valence-corrected chi connectivity index (χ1v) is 4.58. The monoisotopic (exact) mass is 279 g/mol. The van der Waals surface area contributed by atoms with Crippen molar-refractivity contribution in [3.05, 3.63) is 26.6 Å². The largest absolute Gasteiger partial charge is 0.398 e. The first kappa shape index (κ1) is 9.03. The van der Waals surface area contributed by atoms with E-state index in [0.29, 0.717) is 5.69 Å². The van der Waals surface area contributed by atoms with Gasteiger partial charge >= 0.3 is 0 Å². The van der Waals surface area contributed by atoms with Crippen LogP contribution in [0.1, 0.15) is 5.56 Å². The van der Waals surface area contributed by atoms with Crippen molar-refractivity contribution in [3.8, 4) is 0 Å². The Hall–Kier alpha value is -0.0600. The first-order valence-electron chi connectivity index (χ1n) is 2.99. The third kappa shape index (κ3) is 1.95. The van der Waals surface area contributed by atoms with Crippen LogP contribution in [0.15, 0.2) is 21.1 Å². The summed E-state index contributed by atoms with van der Waals surface area (Å²) in [4.78, 5) is 0. The second kappa shape index (κ2) is 3.56. The van der Waals surface area contributed by atoms with Crippen molar-refractivity contribution in [3.63, 3.8) is 0 Å². The lowest BCUT2D eigenvalue weighted by Gasteiger charge is -2.03. The number of nitrogen functional groups attached to an aromatic ring is 1. The van der Waals surface area contributed by atoms with Crippen molar-refractivity contribution in [1.82, 2.24) is 0 Å². The number of aliphatic hydroxyl groups excluding tert-OH is 1. The second-order valence-corrected chi connectivity index (χ2v) is 3.83. The van der Waals surface area contributed by atoms with Crippen LogP contribution in [0.25, 0.3) is 0 Å². The summed E-state index contributed by atoms with van der Waals surface area (Å²) < 4.78 is 1.79. The van der Waals surface area contributed by atoms with Crippen LogP contribution >= 0.6 is 31.9 Å². The van der Waals surface area contributed by atoms with Gasteiger partial charge in [-0.3, -0.25) is 0 Å². The maximum Gasteiger partial charge on any atom is 0.0702 e. The molecule has 11 heavy (non-hydrogen) atoms. The van der Waals surface area contributed by atoms with Gasteiger partial charge in [0.25, 0.3) is 0 Å². The minimum absolute atomic E-state index is 0.0300. The SMILES string of the molecule is Nc1cc(Br)c(Br)cc1CO. The Morgan fingerprint density at radius 1 is 1.27 bits per heavy atom. The zero-order valence-corrected chi connectivity index (χ0v) is 8.81. The van der Waals surface area contributed by atoms with Gasteiger partial charge in [0.05, 0.1) is 6.61 Å². The summed E-state index contributed by atoms with van der Waals surface area (Å²) in [5.74, 6) is 0. The highest BCUT2D eigenvalue weighted by atomic mass is 79.9. The molecule has 0 amide bonds. The van der Waals surface area contributed by atoms with Crippen LogP contribution in [-0.2, 0) is 6.61 Å². The highest BCUT2D eigenvalue weighted by Crippen LogP contribution is 2.27. The fourth-order valence-electron chi connectivity index (χ4n) is 0.740. The van der Waals surface area contributed by atoms with E-state index in [-0.39, 0.29) is 6.61 Å². The molecule has 0 saturated heterocycles. The molecule has 1 aromatic rings. The molecule has 0 heterocycles. The highest BCUT2D eigenvalue weighted by Gasteiger charge is 2.02. The molecule has 0 unspecified atom stereocenters. The van der Waals surface area contributed by atoms with Crippen molar-refractivity contribution in [2.75, 3.05) is 5.73 Å². The number of hydrogen-bond donors (Lipinski definition) is 2. The Labute approximate surface area is 81.7 Å². The maximum absolute atomic E-state index is 8.82. The predicted molar refractivity (Wildman–Crippen MR) is 52.2 cm³/mol. The van der Waals surface area contributed by atoms with Crippen LogP contribution in [0, 0.1) is 0 Å². The molecule has 60 valence electrons. The molecule has 0 radical (unpaired) electrons. The van der Waals surface area contributed by atoms with Gasteiger partial charge in [-0.15, -0.1) is 0 Å². The number of aliphatic hydroxyl groups is 1. The number of hydrogen-bond acceptors (Lipinski definition) is 2. The van der Waals surface area contributed by atoms with Gasteiger partial charge in [-0.25, -0.2) is 0 Å². The van der Waals surface area contributed by atoms with E-state index in [1.54, 1.807) is 12.1 Å². The smallest absolute Gasteiger partial charge is 0.0702 e. The summed E-state index contributed by atoms with van der Waals surface area (Å²) in [6.07, 6.45) is 0. The Balaban J connectivity index is 3.21. The van der Waals surface area contributed by atoms with Gasteiger partial charge in [0, 0.05) is 20.2 Å². The minimum Gasteiger partial charge on any atom is -0.398 e. The third-order valence-corrected chi connectivity index (χ3v) is 3.20. The van der Waals surface area contributed by atoms with E-state index < -0.39 is 0 Å². The summed E-state index contributed by atoms with van der Waals surface area (Å²) in [5.41, 5.74) is 6.93. The number of rotatable bonds is 1. The van der Waals surface area contributed by atoms with Crippen molar-refractivity contribution in [2.24, 2.45) is 0 Å². The first-order chi connectivity index (χ1) is 5.15. The zero-order chi connectivity index (χ0) is 8.43. The molecule has 3 N–H and O–H groups in total. The average molecular weight is 281 g/mol. The molecule has 0 aliphatic rings. The van der Waals surface area contributed by atoms with E-state index >= 15 is 0 Å². The van der Waals surface area contributed by atoms with Gasteiger partial charge in [0.1, 0.15) is 0 Å². The van der Waals surface area contributed by atoms with Crippen molar-refractivity contribution in [2.45, 2.75) is 6.61 Å². The Morgan fingerprint density at radius 3 is 2.36 bits per heavy atom. The summed E-state index contributed by atoms with van der Waals surface area (Å²) in [6, 6.07) is 3.55. The van der Waals surface area contributed by atoms with Crippen LogP contribution in [-0.4, -0.2) is 5.11 Å². The molecule has 0 bridgehead atoms. The van der Waals surface area contributed by atoms with Crippen molar-refractivity contribution < 1.29 is 5.11 Å². The fourth-order valence-corrected chi connectivity index (χ4v) is 1.49. The van der Waals surface area contributed by atoms with Gasteiger partial charge in [0.15, 0.2) is 0 Å². The summed E-state index contributed by atoms with van der Waals surface area (Å²) in [5, 5.41) is 8.82. The Bertz CT molecular complexity index is 275. The standard InChI is InChI=1S/C7H7Br2NO/c8-5-1-4(3-11)7(10)2-6(5)9/h1-2,11H,3,10H2. The Kier molecular flexibility index (Phi) is 2.92. The number of halogens is 2. The lowest BCUT2D eigenvalue weighted by Crippen LogP contribution is -1.93. The molecule has 0 fully saturated rings. The lowest BCUT2D eigenvalue weighted by atomic mass is 10.2. The van der Waals surface area contributed by atoms with E-state index in [0.717, 1.165) is 14.5 Å². The molecule has 4 heteroatoms. The van der Waals surface area contributed by atoms with E-state index in [4.69, 9.17) is 10.8 Å². The quantitative estimate of drug-likeness (QED) is 0.776. The highest BCUT2D eigenvalue weighted by molar-refractivity contribution is 9.13. The molecular formula is C7H7Br2NO. The maximum atomic E-state index is 8.82. The third-order valence-electron chi connectivity index (χ3n) is 1.35. The minimum atomic E-state index is -0.0300. The van der Waals surface area contributed by atoms with E-state index in [1.165, 1.54) is 0 Å². The van der Waals surface area contributed by atoms with Gasteiger partial charge in [-0.2, -0.15) is 0 Å². The van der Waals surface area contributed by atoms with Crippen LogP contribution < -0.4 is 5.73 Å². The number of benzene rings is 1. The van der Waals surface area contributed by atoms with Gasteiger partial charge in [0.2, 0.25) is 0 Å².